The van der Waals surface area contributed by atoms with Gasteiger partial charge in [0.15, 0.2) is 0 Å². The zero-order chi connectivity index (χ0) is 20.8. The van der Waals surface area contributed by atoms with Gasteiger partial charge in [0.05, 0.1) is 20.0 Å². The van der Waals surface area contributed by atoms with Crippen molar-refractivity contribution in [2.45, 2.75) is 30.2 Å². The van der Waals surface area contributed by atoms with Crippen molar-refractivity contribution >= 4 is 11.0 Å². The van der Waals surface area contributed by atoms with Gasteiger partial charge in [-0.05, 0) is 35.9 Å². The Labute approximate surface area is 166 Å². The molecule has 2 heterocycles. The molecule has 5 atom stereocenters. The van der Waals surface area contributed by atoms with E-state index in [-0.39, 0.29) is 5.56 Å². The lowest BCUT2D eigenvalue weighted by Gasteiger charge is -2.45. The van der Waals surface area contributed by atoms with Crippen LogP contribution in [0, 0.1) is 0 Å². The molecule has 0 bridgehead atoms. The number of benzene rings is 2. The summed E-state index contributed by atoms with van der Waals surface area (Å²) in [6.07, 6.45) is -4.75. The number of fused-ring (bicyclic) bond motifs is 1. The van der Waals surface area contributed by atoms with Gasteiger partial charge in [-0.2, -0.15) is 0 Å². The molecule has 0 unspecified atom stereocenters. The molecule has 8 heteroatoms. The fourth-order valence-electron chi connectivity index (χ4n) is 3.64. The molecule has 1 saturated heterocycles. The van der Waals surface area contributed by atoms with E-state index in [4.69, 9.17) is 13.9 Å². The minimum absolute atomic E-state index is 0.151. The Morgan fingerprint density at radius 1 is 1.03 bits per heavy atom. The molecule has 0 amide bonds. The summed E-state index contributed by atoms with van der Waals surface area (Å²) in [6, 6.07) is 12.0. The fraction of sp³-hybridized carbons (Fsp3) is 0.333. The maximum absolute atomic E-state index is 11.0. The standard InChI is InChI=1S/C21H22O8/c1-27-13-5-2-11(3-6-13)15-10-28-16-7-4-12(8-14(15)16)21(26)20(25)19(24)18(23)17(9-22)29-21/h2-8,10,17-20,22-26H,9H2,1H3/t17-,18-,19+,20-,21-/m1/s1. The van der Waals surface area contributed by atoms with Crippen molar-refractivity contribution < 1.29 is 39.4 Å². The summed E-state index contributed by atoms with van der Waals surface area (Å²) >= 11 is 0. The summed E-state index contributed by atoms with van der Waals surface area (Å²) in [6.45, 7) is -0.641. The zero-order valence-electron chi connectivity index (χ0n) is 15.6. The van der Waals surface area contributed by atoms with Crippen LogP contribution in [0.5, 0.6) is 5.75 Å². The summed E-state index contributed by atoms with van der Waals surface area (Å²) in [5.74, 6) is -1.62. The molecule has 0 aliphatic carbocycles. The number of hydrogen-bond donors (Lipinski definition) is 5. The molecule has 29 heavy (non-hydrogen) atoms. The van der Waals surface area contributed by atoms with Gasteiger partial charge in [0.1, 0.15) is 35.7 Å². The summed E-state index contributed by atoms with van der Waals surface area (Å²) in [5.41, 5.74) is 2.30. The Morgan fingerprint density at radius 3 is 2.41 bits per heavy atom. The number of aliphatic hydroxyl groups is 5. The van der Waals surface area contributed by atoms with E-state index >= 15 is 0 Å². The van der Waals surface area contributed by atoms with Crippen molar-refractivity contribution in [2.75, 3.05) is 13.7 Å². The van der Waals surface area contributed by atoms with Crippen molar-refractivity contribution in [1.29, 1.82) is 0 Å². The van der Waals surface area contributed by atoms with Gasteiger partial charge < -0.3 is 39.4 Å². The molecule has 8 nitrogen and oxygen atoms in total. The monoisotopic (exact) mass is 402 g/mol. The highest BCUT2D eigenvalue weighted by atomic mass is 16.7. The van der Waals surface area contributed by atoms with Crippen LogP contribution in [0.2, 0.25) is 0 Å². The van der Waals surface area contributed by atoms with Crippen molar-refractivity contribution in [3.8, 4) is 16.9 Å². The van der Waals surface area contributed by atoms with Gasteiger partial charge in [-0.25, -0.2) is 0 Å². The summed E-state index contributed by atoms with van der Waals surface area (Å²) < 4.78 is 16.2. The third kappa shape index (κ3) is 3.20. The fourth-order valence-corrected chi connectivity index (χ4v) is 3.64. The quantitative estimate of drug-likeness (QED) is 0.431. The average Bonchev–Trinajstić information content (AvgIpc) is 3.18. The van der Waals surface area contributed by atoms with E-state index in [1.54, 1.807) is 25.5 Å². The highest BCUT2D eigenvalue weighted by molar-refractivity contribution is 5.94. The predicted octanol–water partition coefficient (Wildman–Crippen LogP) is 0.727. The van der Waals surface area contributed by atoms with E-state index < -0.39 is 36.8 Å². The Bertz CT molecular complexity index is 996. The Morgan fingerprint density at radius 2 is 1.76 bits per heavy atom. The first-order valence-corrected chi connectivity index (χ1v) is 9.10. The van der Waals surface area contributed by atoms with Crippen LogP contribution in [0.4, 0.5) is 0 Å². The van der Waals surface area contributed by atoms with E-state index in [9.17, 15) is 25.5 Å². The lowest BCUT2D eigenvalue weighted by molar-refractivity contribution is -0.357. The van der Waals surface area contributed by atoms with E-state index in [1.807, 2.05) is 24.3 Å². The highest BCUT2D eigenvalue weighted by Crippen LogP contribution is 2.39. The van der Waals surface area contributed by atoms with Gasteiger partial charge in [-0.3, -0.25) is 0 Å². The number of hydrogen-bond acceptors (Lipinski definition) is 8. The summed E-state index contributed by atoms with van der Waals surface area (Å²) in [5, 5.41) is 51.5. The van der Waals surface area contributed by atoms with Crippen molar-refractivity contribution in [2.24, 2.45) is 0 Å². The average molecular weight is 402 g/mol. The first-order valence-electron chi connectivity index (χ1n) is 9.10. The van der Waals surface area contributed by atoms with Gasteiger partial charge in [0.25, 0.3) is 0 Å². The number of aliphatic hydroxyl groups excluding tert-OH is 4. The number of furan rings is 1. The van der Waals surface area contributed by atoms with Gasteiger partial charge in [0.2, 0.25) is 5.79 Å². The van der Waals surface area contributed by atoms with Crippen molar-refractivity contribution in [3.63, 3.8) is 0 Å². The first-order chi connectivity index (χ1) is 13.9. The Kier molecular flexibility index (Phi) is 5.07. The smallest absolute Gasteiger partial charge is 0.222 e. The summed E-state index contributed by atoms with van der Waals surface area (Å²) in [7, 11) is 1.58. The molecule has 1 aliphatic heterocycles. The lowest BCUT2D eigenvalue weighted by atomic mass is 9.87. The zero-order valence-corrected chi connectivity index (χ0v) is 15.6. The van der Waals surface area contributed by atoms with Crippen LogP contribution in [0.15, 0.2) is 53.1 Å². The molecule has 1 aliphatic rings. The molecule has 0 radical (unpaired) electrons. The highest BCUT2D eigenvalue weighted by Gasteiger charge is 2.53. The molecule has 1 fully saturated rings. The summed E-state index contributed by atoms with van der Waals surface area (Å²) in [4.78, 5) is 0. The topological polar surface area (TPSA) is 133 Å². The van der Waals surface area contributed by atoms with Crippen LogP contribution in [0.1, 0.15) is 5.56 Å². The maximum Gasteiger partial charge on any atom is 0.222 e. The lowest BCUT2D eigenvalue weighted by Crippen LogP contribution is -2.63. The second-order valence-electron chi connectivity index (χ2n) is 7.05. The SMILES string of the molecule is COc1ccc(-c2coc3ccc([C@@]4(O)O[C@H](CO)[C@@H](O)[C@H](O)[C@H]4O)cc23)cc1. The molecule has 0 spiro atoms. The number of rotatable bonds is 4. The molecule has 2 aromatic carbocycles. The van der Waals surface area contributed by atoms with Gasteiger partial charge in [0, 0.05) is 16.5 Å². The van der Waals surface area contributed by atoms with Crippen LogP contribution < -0.4 is 4.74 Å². The third-order valence-corrected chi connectivity index (χ3v) is 5.35. The predicted molar refractivity (Wildman–Crippen MR) is 102 cm³/mol. The molecule has 4 rings (SSSR count). The Hall–Kier alpha value is -2.46. The van der Waals surface area contributed by atoms with Gasteiger partial charge in [-0.15, -0.1) is 0 Å². The third-order valence-electron chi connectivity index (χ3n) is 5.35. The van der Waals surface area contributed by atoms with Gasteiger partial charge >= 0.3 is 0 Å². The largest absolute Gasteiger partial charge is 0.497 e. The van der Waals surface area contributed by atoms with Crippen molar-refractivity contribution in [1.82, 2.24) is 0 Å². The van der Waals surface area contributed by atoms with E-state index in [0.717, 1.165) is 11.1 Å². The van der Waals surface area contributed by atoms with Crippen LogP contribution >= 0.6 is 0 Å². The van der Waals surface area contributed by atoms with Crippen LogP contribution in [-0.4, -0.2) is 63.7 Å². The molecule has 0 saturated carbocycles. The molecule has 154 valence electrons. The van der Waals surface area contributed by atoms with Gasteiger partial charge in [-0.1, -0.05) is 12.1 Å². The van der Waals surface area contributed by atoms with Crippen LogP contribution in [0.3, 0.4) is 0 Å². The molecule has 3 aromatic rings. The Balaban J connectivity index is 1.78. The molecule has 5 N–H and O–H groups in total. The van der Waals surface area contributed by atoms with Crippen LogP contribution in [-0.2, 0) is 10.5 Å². The van der Waals surface area contributed by atoms with Crippen molar-refractivity contribution in [3.05, 3.63) is 54.3 Å². The molecule has 1 aromatic heterocycles. The first kappa shape index (κ1) is 19.8. The minimum atomic E-state index is -2.32. The van der Waals surface area contributed by atoms with Crippen LogP contribution in [0.25, 0.3) is 22.1 Å². The minimum Gasteiger partial charge on any atom is -0.497 e. The number of ether oxygens (including phenoxy) is 2. The van der Waals surface area contributed by atoms with E-state index in [2.05, 4.69) is 0 Å². The maximum atomic E-state index is 11.0. The second kappa shape index (κ2) is 7.42. The molecular formula is C21H22O8. The van der Waals surface area contributed by atoms with E-state index in [0.29, 0.717) is 16.7 Å². The van der Waals surface area contributed by atoms with E-state index in [1.165, 1.54) is 6.07 Å². The number of methoxy groups -OCH3 is 1. The second-order valence-corrected chi connectivity index (χ2v) is 7.05. The molecular weight excluding hydrogens is 380 g/mol. The normalized spacial score (nSPS) is 29.9.